The number of nitrogens with zero attached hydrogens (tertiary/aromatic N) is 5. The molecule has 0 aliphatic carbocycles. The van der Waals surface area contributed by atoms with Gasteiger partial charge in [0.25, 0.3) is 18.2 Å². The highest BCUT2D eigenvalue weighted by molar-refractivity contribution is 6.32. The molecule has 0 bridgehead atoms. The number of nitriles is 1. The predicted molar refractivity (Wildman–Crippen MR) is 134 cm³/mol. The van der Waals surface area contributed by atoms with Gasteiger partial charge in [0.05, 0.1) is 40.2 Å². The molecule has 11 nitrogen and oxygen atoms in total. The zero-order valence-corrected chi connectivity index (χ0v) is 21.2. The van der Waals surface area contributed by atoms with Crippen LogP contribution in [0.2, 0.25) is 5.02 Å². The molecule has 3 aromatic rings. The quantitative estimate of drug-likeness (QED) is 0.292. The highest BCUT2D eigenvalue weighted by atomic mass is 35.5. The Balaban J connectivity index is 2.02. The zero-order chi connectivity index (χ0) is 27.8. The number of halogens is 3. The van der Waals surface area contributed by atoms with E-state index in [4.69, 9.17) is 16.3 Å². The maximum absolute atomic E-state index is 13.4. The molecule has 0 saturated heterocycles. The van der Waals surface area contributed by atoms with Crippen LogP contribution in [0.25, 0.3) is 5.82 Å². The van der Waals surface area contributed by atoms with Crippen LogP contribution in [-0.4, -0.2) is 59.0 Å². The van der Waals surface area contributed by atoms with E-state index in [1.165, 1.54) is 37.7 Å². The van der Waals surface area contributed by atoms with E-state index >= 15 is 0 Å². The molecule has 0 aliphatic rings. The molecule has 198 valence electrons. The van der Waals surface area contributed by atoms with Crippen molar-refractivity contribution in [3.8, 4) is 17.8 Å². The molecule has 0 saturated carbocycles. The lowest BCUT2D eigenvalue weighted by Crippen LogP contribution is -2.34. The molecule has 0 radical (unpaired) electrons. The van der Waals surface area contributed by atoms with Crippen molar-refractivity contribution in [2.24, 2.45) is 5.16 Å². The van der Waals surface area contributed by atoms with Crippen LogP contribution in [0.4, 0.5) is 14.5 Å². The SMILES string of the molecule is CO/N=C/C(C)NC(=O)c1cc(C#N)cc(C)c1NC(=O)c1cc(OCC(F)F)nn1-c1ncccc1Cl. The first-order valence-corrected chi connectivity index (χ1v) is 11.4. The van der Waals surface area contributed by atoms with E-state index in [2.05, 4.69) is 30.7 Å². The number of nitrogens with one attached hydrogen (secondary N) is 2. The lowest BCUT2D eigenvalue weighted by Gasteiger charge is -2.16. The Kier molecular flexibility index (Phi) is 9.28. The molecule has 0 aliphatic heterocycles. The van der Waals surface area contributed by atoms with E-state index in [9.17, 15) is 23.6 Å². The summed E-state index contributed by atoms with van der Waals surface area (Å²) < 4.78 is 31.4. The van der Waals surface area contributed by atoms with Gasteiger partial charge in [-0.05, 0) is 43.7 Å². The lowest BCUT2D eigenvalue weighted by molar-refractivity contribution is 0.0793. The number of amides is 2. The molecular weight excluding hydrogens is 524 g/mol. The molecule has 0 spiro atoms. The predicted octanol–water partition coefficient (Wildman–Crippen LogP) is 3.75. The second kappa shape index (κ2) is 12.6. The number of hydrogen-bond donors (Lipinski definition) is 2. The Bertz CT molecular complexity index is 1400. The van der Waals surface area contributed by atoms with Gasteiger partial charge in [-0.1, -0.05) is 16.8 Å². The Morgan fingerprint density at radius 3 is 2.74 bits per heavy atom. The smallest absolute Gasteiger partial charge is 0.274 e. The minimum atomic E-state index is -2.77. The summed E-state index contributed by atoms with van der Waals surface area (Å²) in [4.78, 5) is 35.2. The number of oxime groups is 1. The van der Waals surface area contributed by atoms with Gasteiger partial charge in [-0.25, -0.2) is 18.4 Å². The number of anilines is 1. The third kappa shape index (κ3) is 6.80. The van der Waals surface area contributed by atoms with Gasteiger partial charge in [-0.2, -0.15) is 5.26 Å². The average molecular weight is 546 g/mol. The van der Waals surface area contributed by atoms with Crippen molar-refractivity contribution in [2.45, 2.75) is 26.3 Å². The molecule has 2 aromatic heterocycles. The maximum atomic E-state index is 13.4. The van der Waals surface area contributed by atoms with Crippen molar-refractivity contribution in [3.05, 3.63) is 63.9 Å². The Morgan fingerprint density at radius 1 is 1.32 bits per heavy atom. The summed E-state index contributed by atoms with van der Waals surface area (Å²) in [6.07, 6.45) is -0.00627. The van der Waals surface area contributed by atoms with E-state index in [0.29, 0.717) is 5.56 Å². The van der Waals surface area contributed by atoms with E-state index in [1.807, 2.05) is 6.07 Å². The largest absolute Gasteiger partial charge is 0.471 e. The number of carbonyl (C=O) groups is 2. The summed E-state index contributed by atoms with van der Waals surface area (Å²) in [6, 6.07) is 8.46. The fraction of sp³-hybridized carbons (Fsp3) is 0.250. The minimum Gasteiger partial charge on any atom is -0.471 e. The van der Waals surface area contributed by atoms with Gasteiger partial charge in [0.1, 0.15) is 12.8 Å². The summed E-state index contributed by atoms with van der Waals surface area (Å²) in [5.74, 6) is -1.59. The third-order valence-corrected chi connectivity index (χ3v) is 5.21. The standard InChI is InChI=1S/C24H22ClF2N7O4/c1-13-7-15(10-28)8-16(23(35)31-14(2)11-30-37-3)21(13)32-24(36)18-9-20(38-12-19(26)27)33-34(18)22-17(25)5-4-6-29-22/h4-9,11,14,19H,12H2,1-3H3,(H,31,35)(H,32,36)/b30-11+. The third-order valence-electron chi connectivity index (χ3n) is 4.91. The molecule has 38 heavy (non-hydrogen) atoms. The highest BCUT2D eigenvalue weighted by Crippen LogP contribution is 2.26. The van der Waals surface area contributed by atoms with Gasteiger partial charge in [0, 0.05) is 12.3 Å². The number of rotatable bonds is 10. The van der Waals surface area contributed by atoms with Crippen molar-refractivity contribution in [3.63, 3.8) is 0 Å². The maximum Gasteiger partial charge on any atom is 0.274 e. The summed E-state index contributed by atoms with van der Waals surface area (Å²) >= 11 is 6.22. The van der Waals surface area contributed by atoms with Crippen molar-refractivity contribution >= 4 is 35.3 Å². The molecule has 2 heterocycles. The van der Waals surface area contributed by atoms with Crippen molar-refractivity contribution in [2.75, 3.05) is 19.0 Å². The van der Waals surface area contributed by atoms with Gasteiger partial charge < -0.3 is 20.2 Å². The van der Waals surface area contributed by atoms with E-state index in [-0.39, 0.29) is 39.2 Å². The lowest BCUT2D eigenvalue weighted by atomic mass is 10.0. The summed E-state index contributed by atoms with van der Waals surface area (Å²) in [7, 11) is 1.35. The molecule has 0 fully saturated rings. The van der Waals surface area contributed by atoms with Crippen LogP contribution < -0.4 is 15.4 Å². The molecule has 14 heteroatoms. The number of carbonyl (C=O) groups excluding carboxylic acids is 2. The average Bonchev–Trinajstić information content (AvgIpc) is 3.31. The van der Waals surface area contributed by atoms with Gasteiger partial charge in [-0.15, -0.1) is 5.10 Å². The zero-order valence-electron chi connectivity index (χ0n) is 20.4. The molecule has 1 atom stereocenters. The Hall–Kier alpha value is -4.57. The van der Waals surface area contributed by atoms with E-state index < -0.39 is 30.9 Å². The second-order valence-electron chi connectivity index (χ2n) is 7.77. The fourth-order valence-corrected chi connectivity index (χ4v) is 3.48. The number of pyridine rings is 1. The molecule has 1 unspecified atom stereocenters. The van der Waals surface area contributed by atoms with Crippen LogP contribution in [0.15, 0.2) is 41.7 Å². The number of aromatic nitrogens is 3. The molecule has 2 N–H and O–H groups in total. The van der Waals surface area contributed by atoms with Crippen LogP contribution in [0.1, 0.15) is 38.9 Å². The normalized spacial score (nSPS) is 11.7. The van der Waals surface area contributed by atoms with Crippen LogP contribution in [0.5, 0.6) is 5.88 Å². The molecular formula is C24H22ClF2N7O4. The first-order chi connectivity index (χ1) is 18.1. The van der Waals surface area contributed by atoms with Crippen LogP contribution >= 0.6 is 11.6 Å². The number of benzene rings is 1. The van der Waals surface area contributed by atoms with Crippen LogP contribution in [0, 0.1) is 18.3 Å². The topological polar surface area (TPSA) is 144 Å². The van der Waals surface area contributed by atoms with Gasteiger partial charge in [-0.3, -0.25) is 9.59 Å². The number of alkyl halides is 2. The Labute approximate surface area is 221 Å². The molecule has 1 aromatic carbocycles. The Morgan fingerprint density at radius 2 is 2.08 bits per heavy atom. The molecule has 3 rings (SSSR count). The second-order valence-corrected chi connectivity index (χ2v) is 8.18. The van der Waals surface area contributed by atoms with Gasteiger partial charge >= 0.3 is 0 Å². The van der Waals surface area contributed by atoms with Crippen LogP contribution in [0.3, 0.4) is 0 Å². The monoisotopic (exact) mass is 545 g/mol. The first-order valence-electron chi connectivity index (χ1n) is 11.0. The summed E-state index contributed by atoms with van der Waals surface area (Å²) in [5, 5.41) is 22.5. The van der Waals surface area contributed by atoms with E-state index in [0.717, 1.165) is 10.7 Å². The van der Waals surface area contributed by atoms with Gasteiger partial charge in [0.15, 0.2) is 12.4 Å². The summed E-state index contributed by atoms with van der Waals surface area (Å²) in [5.41, 5.74) is 0.556. The van der Waals surface area contributed by atoms with Crippen molar-refractivity contribution in [1.82, 2.24) is 20.1 Å². The van der Waals surface area contributed by atoms with E-state index in [1.54, 1.807) is 19.9 Å². The fourth-order valence-electron chi connectivity index (χ4n) is 3.28. The number of ether oxygens (including phenoxy) is 1. The number of hydrogen-bond acceptors (Lipinski definition) is 8. The van der Waals surface area contributed by atoms with Crippen LogP contribution in [-0.2, 0) is 4.84 Å². The van der Waals surface area contributed by atoms with Crippen molar-refractivity contribution in [1.29, 1.82) is 5.26 Å². The summed E-state index contributed by atoms with van der Waals surface area (Å²) in [6.45, 7) is 2.31. The van der Waals surface area contributed by atoms with Gasteiger partial charge in [0.2, 0.25) is 5.88 Å². The molecule has 2 amide bonds. The van der Waals surface area contributed by atoms with Crippen molar-refractivity contribution < 1.29 is 27.9 Å². The minimum absolute atomic E-state index is 0.00340. The first kappa shape index (κ1) is 28.0. The highest BCUT2D eigenvalue weighted by Gasteiger charge is 2.24. The number of aryl methyl sites for hydroxylation is 1.